The fourth-order valence-electron chi connectivity index (χ4n) is 3.11. The molecule has 1 rings (SSSR count). The van der Waals surface area contributed by atoms with E-state index >= 15 is 0 Å². The second-order valence-corrected chi connectivity index (χ2v) is 7.24. The highest BCUT2D eigenvalue weighted by Gasteiger charge is 2.30. The number of carbonyl (C=O) groups excluding carboxylic acids is 1. The highest BCUT2D eigenvalue weighted by Crippen LogP contribution is 2.37. The van der Waals surface area contributed by atoms with Gasteiger partial charge in [-0.3, -0.25) is 4.79 Å². The third-order valence-corrected chi connectivity index (χ3v) is 4.07. The third-order valence-electron chi connectivity index (χ3n) is 4.07. The van der Waals surface area contributed by atoms with Gasteiger partial charge in [0.05, 0.1) is 32.8 Å². The number of nitrogens with two attached hydrogens (primary N) is 1. The van der Waals surface area contributed by atoms with E-state index in [-0.39, 0.29) is 13.0 Å². The van der Waals surface area contributed by atoms with Gasteiger partial charge in [0, 0.05) is 24.1 Å². The molecular formula is C20H32N2O6. The van der Waals surface area contributed by atoms with Crippen LogP contribution in [0, 0.1) is 13.8 Å². The maximum Gasteiger partial charge on any atom is 0.412 e. The van der Waals surface area contributed by atoms with Crippen LogP contribution in [0.25, 0.3) is 0 Å². The molecule has 0 fully saturated rings. The van der Waals surface area contributed by atoms with Crippen molar-refractivity contribution < 1.29 is 28.9 Å². The predicted octanol–water partition coefficient (Wildman–Crippen LogP) is 2.14. The topological polar surface area (TPSA) is 120 Å². The molecule has 8 heteroatoms. The fourth-order valence-corrected chi connectivity index (χ4v) is 3.11. The molecule has 8 nitrogen and oxygen atoms in total. The lowest BCUT2D eigenvalue weighted by Gasteiger charge is -2.28. The van der Waals surface area contributed by atoms with Gasteiger partial charge in [0.15, 0.2) is 0 Å². The summed E-state index contributed by atoms with van der Waals surface area (Å²) in [5, 5.41) is 11.8. The summed E-state index contributed by atoms with van der Waals surface area (Å²) in [6.07, 6.45) is -0.685. The molecule has 0 aliphatic heterocycles. The first-order chi connectivity index (χ1) is 13.2. The number of aliphatic carboxylic acids is 1. The maximum atomic E-state index is 12.2. The van der Waals surface area contributed by atoms with Crippen LogP contribution < -0.4 is 15.8 Å². The molecule has 0 aliphatic rings. The minimum atomic E-state index is -0.909. The summed E-state index contributed by atoms with van der Waals surface area (Å²) in [6.45, 7) is 9.87. The van der Waals surface area contributed by atoms with Crippen LogP contribution in [0.1, 0.15) is 37.0 Å². The molecule has 0 aromatic heterocycles. The summed E-state index contributed by atoms with van der Waals surface area (Å²) in [7, 11) is 0. The van der Waals surface area contributed by atoms with Crippen LogP contribution in [0.3, 0.4) is 0 Å². The van der Waals surface area contributed by atoms with Crippen LogP contribution in [0.2, 0.25) is 0 Å². The van der Waals surface area contributed by atoms with E-state index < -0.39 is 17.5 Å². The Kier molecular flexibility index (Phi) is 9.92. The van der Waals surface area contributed by atoms with Crippen LogP contribution in [0.4, 0.5) is 4.79 Å². The fraction of sp³-hybridized carbons (Fsp3) is 0.600. The summed E-state index contributed by atoms with van der Waals surface area (Å²) in [4.78, 5) is 23.4. The lowest BCUT2D eigenvalue weighted by atomic mass is 9.78. The second kappa shape index (κ2) is 11.6. The van der Waals surface area contributed by atoms with Crippen molar-refractivity contribution in [3.05, 3.63) is 28.8 Å². The van der Waals surface area contributed by atoms with Gasteiger partial charge in [0.2, 0.25) is 0 Å². The quantitative estimate of drug-likeness (QED) is 0.463. The number of amides is 1. The van der Waals surface area contributed by atoms with Gasteiger partial charge in [0.1, 0.15) is 5.75 Å². The molecule has 0 radical (unpaired) electrons. The summed E-state index contributed by atoms with van der Waals surface area (Å²) in [5.41, 5.74) is 7.15. The number of hydrogen-bond acceptors (Lipinski definition) is 6. The van der Waals surface area contributed by atoms with Gasteiger partial charge in [0.25, 0.3) is 0 Å². The lowest BCUT2D eigenvalue weighted by molar-refractivity contribution is -0.138. The summed E-state index contributed by atoms with van der Waals surface area (Å²) in [6, 6.07) is 3.70. The zero-order valence-electron chi connectivity index (χ0n) is 17.2. The molecule has 0 saturated heterocycles. The zero-order chi connectivity index (χ0) is 21.2. The molecule has 0 atom stereocenters. The number of rotatable bonds is 12. The van der Waals surface area contributed by atoms with Gasteiger partial charge < -0.3 is 30.4 Å². The van der Waals surface area contributed by atoms with E-state index in [2.05, 4.69) is 5.32 Å². The van der Waals surface area contributed by atoms with E-state index in [4.69, 9.17) is 19.9 Å². The molecule has 1 aromatic carbocycles. The van der Waals surface area contributed by atoms with Crippen molar-refractivity contribution in [1.29, 1.82) is 0 Å². The van der Waals surface area contributed by atoms with E-state index in [9.17, 15) is 14.7 Å². The molecule has 0 bridgehead atoms. The molecule has 0 spiro atoms. The minimum absolute atomic E-state index is 0.0745. The van der Waals surface area contributed by atoms with Crippen molar-refractivity contribution in [2.24, 2.45) is 5.73 Å². The first-order valence-electron chi connectivity index (χ1n) is 9.32. The van der Waals surface area contributed by atoms with E-state index in [1.807, 2.05) is 33.8 Å². The average molecular weight is 396 g/mol. The number of nitrogens with one attached hydrogen (secondary N) is 1. The van der Waals surface area contributed by atoms with Crippen molar-refractivity contribution in [3.63, 3.8) is 0 Å². The Morgan fingerprint density at radius 2 is 1.75 bits per heavy atom. The Hall–Kier alpha value is -2.16. The van der Waals surface area contributed by atoms with Gasteiger partial charge in [-0.15, -0.1) is 0 Å². The normalized spacial score (nSPS) is 11.3. The molecule has 4 N–H and O–H groups in total. The Morgan fingerprint density at radius 1 is 1.11 bits per heavy atom. The van der Waals surface area contributed by atoms with E-state index in [0.29, 0.717) is 44.3 Å². The van der Waals surface area contributed by atoms with Crippen LogP contribution in [-0.4, -0.2) is 56.7 Å². The number of carboxylic acid groups (broad SMARTS) is 1. The van der Waals surface area contributed by atoms with Gasteiger partial charge >= 0.3 is 12.1 Å². The Morgan fingerprint density at radius 3 is 2.36 bits per heavy atom. The Bertz CT molecular complexity index is 660. The van der Waals surface area contributed by atoms with Gasteiger partial charge in [-0.1, -0.05) is 19.9 Å². The summed E-state index contributed by atoms with van der Waals surface area (Å²) in [5.74, 6) is -0.537. The summed E-state index contributed by atoms with van der Waals surface area (Å²) >= 11 is 0. The smallest absolute Gasteiger partial charge is 0.412 e. The van der Waals surface area contributed by atoms with Crippen molar-refractivity contribution in [2.45, 2.75) is 39.5 Å². The minimum Gasteiger partial charge on any atom is -0.481 e. The summed E-state index contributed by atoms with van der Waals surface area (Å²) < 4.78 is 16.0. The number of ether oxygens (including phenoxy) is 3. The van der Waals surface area contributed by atoms with E-state index in [1.165, 1.54) is 0 Å². The molecule has 158 valence electrons. The highest BCUT2D eigenvalue weighted by molar-refractivity contribution is 5.73. The number of hydrogen-bond donors (Lipinski definition) is 3. The average Bonchev–Trinajstić information content (AvgIpc) is 2.55. The molecule has 0 heterocycles. The van der Waals surface area contributed by atoms with E-state index in [1.54, 1.807) is 6.07 Å². The van der Waals surface area contributed by atoms with Crippen LogP contribution >= 0.6 is 0 Å². The van der Waals surface area contributed by atoms with Crippen molar-refractivity contribution >= 4 is 12.1 Å². The molecule has 28 heavy (non-hydrogen) atoms. The number of benzene rings is 1. The van der Waals surface area contributed by atoms with Gasteiger partial charge in [-0.25, -0.2) is 4.79 Å². The first-order valence-corrected chi connectivity index (χ1v) is 9.32. The lowest BCUT2D eigenvalue weighted by Crippen LogP contribution is -2.32. The van der Waals surface area contributed by atoms with Crippen LogP contribution in [0.15, 0.2) is 12.1 Å². The molecular weight excluding hydrogens is 364 g/mol. The Balaban J connectivity index is 2.65. The number of carbonyl (C=O) groups is 2. The standard InChI is InChI=1S/C20H32N2O6/c1-14-11-15(2)18(20(3,4)13-17(23)24)16(12-14)28-19(25)22-6-8-27-10-9-26-7-5-21/h11-12H,5-10,13,21H2,1-4H3,(H,22,25)(H,23,24). The Labute approximate surface area is 166 Å². The number of carboxylic acids is 1. The van der Waals surface area contributed by atoms with Crippen molar-refractivity contribution in [1.82, 2.24) is 5.32 Å². The largest absolute Gasteiger partial charge is 0.481 e. The van der Waals surface area contributed by atoms with Crippen molar-refractivity contribution in [3.8, 4) is 5.75 Å². The molecule has 0 saturated carbocycles. The third kappa shape index (κ3) is 8.24. The molecule has 1 aromatic rings. The second-order valence-electron chi connectivity index (χ2n) is 7.24. The van der Waals surface area contributed by atoms with Gasteiger partial charge in [-0.05, 0) is 31.0 Å². The highest BCUT2D eigenvalue weighted by atomic mass is 16.6. The number of aryl methyl sites for hydroxylation is 2. The monoisotopic (exact) mass is 396 g/mol. The SMILES string of the molecule is Cc1cc(C)c(C(C)(C)CC(=O)O)c(OC(=O)NCCOCCOCCN)c1. The van der Waals surface area contributed by atoms with Crippen LogP contribution in [0.5, 0.6) is 5.75 Å². The molecule has 0 unspecified atom stereocenters. The van der Waals surface area contributed by atoms with E-state index in [0.717, 1.165) is 11.1 Å². The predicted molar refractivity (Wildman–Crippen MR) is 106 cm³/mol. The zero-order valence-corrected chi connectivity index (χ0v) is 17.2. The van der Waals surface area contributed by atoms with Crippen LogP contribution in [-0.2, 0) is 19.7 Å². The maximum absolute atomic E-state index is 12.2. The molecule has 0 aliphatic carbocycles. The first kappa shape index (κ1) is 23.9. The van der Waals surface area contributed by atoms with Crippen molar-refractivity contribution in [2.75, 3.05) is 39.5 Å². The molecule has 1 amide bonds. The van der Waals surface area contributed by atoms with Gasteiger partial charge in [-0.2, -0.15) is 0 Å².